The van der Waals surface area contributed by atoms with Crippen molar-refractivity contribution in [3.8, 4) is 17.0 Å². The van der Waals surface area contributed by atoms with Crippen LogP contribution in [0.3, 0.4) is 0 Å². The van der Waals surface area contributed by atoms with E-state index in [9.17, 15) is 14.4 Å². The number of nitrogens with zero attached hydrogens (tertiary/aromatic N) is 2. The molecule has 1 aromatic heterocycles. The fourth-order valence-electron chi connectivity index (χ4n) is 6.12. The Morgan fingerprint density at radius 3 is 2.44 bits per heavy atom. The van der Waals surface area contributed by atoms with Gasteiger partial charge in [-0.3, -0.25) is 19.1 Å². The summed E-state index contributed by atoms with van der Waals surface area (Å²) in [4.78, 5) is 46.5. The van der Waals surface area contributed by atoms with Crippen molar-refractivity contribution in [1.82, 2.24) is 14.6 Å². The van der Waals surface area contributed by atoms with Gasteiger partial charge in [-0.2, -0.15) is 0 Å². The van der Waals surface area contributed by atoms with Crippen molar-refractivity contribution < 1.29 is 23.9 Å². The summed E-state index contributed by atoms with van der Waals surface area (Å²) in [6.45, 7) is 12.7. The number of carbonyl (C=O) groups excluding carboxylic acids is 3. The van der Waals surface area contributed by atoms with Gasteiger partial charge >= 0.3 is 0 Å². The third-order valence-electron chi connectivity index (χ3n) is 7.99. The van der Waals surface area contributed by atoms with Gasteiger partial charge in [0, 0.05) is 42.8 Å². The molecule has 1 aromatic carbocycles. The molecule has 0 spiro atoms. The summed E-state index contributed by atoms with van der Waals surface area (Å²) in [6, 6.07) is 7.61. The number of benzene rings is 1. The van der Waals surface area contributed by atoms with Crippen LogP contribution >= 0.6 is 11.9 Å². The Morgan fingerprint density at radius 1 is 1.12 bits per heavy atom. The summed E-state index contributed by atoms with van der Waals surface area (Å²) in [5, 5.41) is 0. The summed E-state index contributed by atoms with van der Waals surface area (Å²) in [5.41, 5.74) is 5.02. The summed E-state index contributed by atoms with van der Waals surface area (Å²) < 4.78 is 14.9. The number of ketones is 1. The molecule has 0 saturated carbocycles. The molecule has 5 rings (SSSR count). The average Bonchev–Trinajstić information content (AvgIpc) is 3.23. The van der Waals surface area contributed by atoms with Crippen LogP contribution in [0.4, 0.5) is 0 Å². The van der Waals surface area contributed by atoms with Gasteiger partial charge < -0.3 is 14.4 Å². The lowest BCUT2D eigenvalue weighted by molar-refractivity contribution is -0.124. The summed E-state index contributed by atoms with van der Waals surface area (Å²) in [7, 11) is 3.34. The van der Waals surface area contributed by atoms with Crippen LogP contribution in [0.5, 0.6) is 5.75 Å². The maximum atomic E-state index is 13.7. The predicted molar refractivity (Wildman–Crippen MR) is 171 cm³/mol. The quantitative estimate of drug-likeness (QED) is 0.374. The van der Waals surface area contributed by atoms with Crippen LogP contribution in [0, 0.1) is 12.3 Å². The van der Waals surface area contributed by atoms with E-state index in [1.54, 1.807) is 25.3 Å². The first kappa shape index (κ1) is 32.3. The number of hydrogen-bond acceptors (Lipinski definition) is 7. The highest BCUT2D eigenvalue weighted by Crippen LogP contribution is 2.53. The highest BCUT2D eigenvalue weighted by Gasteiger charge is 2.49. The largest absolute Gasteiger partial charge is 0.496 e. The Kier molecular flexibility index (Phi) is 9.74. The van der Waals surface area contributed by atoms with Crippen molar-refractivity contribution in [2.24, 2.45) is 5.41 Å². The van der Waals surface area contributed by atoms with E-state index in [0.29, 0.717) is 65.6 Å². The highest BCUT2D eigenvalue weighted by atomic mass is 32.2. The van der Waals surface area contributed by atoms with Gasteiger partial charge in [0.15, 0.2) is 5.78 Å². The molecule has 2 amide bonds. The molecule has 2 aliphatic heterocycles. The normalized spacial score (nSPS) is 18.9. The minimum Gasteiger partial charge on any atom is -0.496 e. The molecule has 0 saturated heterocycles. The van der Waals surface area contributed by atoms with Gasteiger partial charge in [-0.15, -0.1) is 0 Å². The van der Waals surface area contributed by atoms with E-state index in [0.717, 1.165) is 22.3 Å². The number of aromatic nitrogens is 1. The lowest BCUT2D eigenvalue weighted by Crippen LogP contribution is -2.33. The average molecular weight is 606 g/mol. The topological polar surface area (TPSA) is 97.8 Å². The van der Waals surface area contributed by atoms with Crippen molar-refractivity contribution in [3.05, 3.63) is 69.3 Å². The maximum absolute atomic E-state index is 13.7. The van der Waals surface area contributed by atoms with Gasteiger partial charge in [-0.05, 0) is 48.1 Å². The second-order valence-corrected chi connectivity index (χ2v) is 12.7. The zero-order valence-corrected chi connectivity index (χ0v) is 27.6. The maximum Gasteiger partial charge on any atom is 0.279 e. The van der Waals surface area contributed by atoms with Crippen LogP contribution < -0.4 is 9.46 Å². The summed E-state index contributed by atoms with van der Waals surface area (Å²) in [6.07, 6.45) is 4.69. The van der Waals surface area contributed by atoms with Crippen molar-refractivity contribution in [3.63, 3.8) is 0 Å². The van der Waals surface area contributed by atoms with Crippen molar-refractivity contribution >= 4 is 29.5 Å². The van der Waals surface area contributed by atoms with Crippen LogP contribution in [-0.4, -0.2) is 54.4 Å². The molecule has 2 aromatic rings. The number of aryl methyl sites for hydroxylation is 1. The standard InChI is InChI=1S/C31H35N3O5S.C3H8/c1-8-17-9-11-19(32-28(17)29(36)33-40-7)18-10-12-21(38-6)24(16(18)2)27-25-20(35)13-31(3,4)14-22(25)39-23-15-34(5)30(37)26(23)27;1-3-2/h9-12,27H,8,13-15H2,1-7H3,(H,33,36);3H2,1-2H3/t27-;/m0./s1. The second kappa shape index (κ2) is 13.0. The molecule has 3 heterocycles. The zero-order chi connectivity index (χ0) is 31.6. The van der Waals surface area contributed by atoms with Gasteiger partial charge in [0.05, 0.1) is 30.8 Å². The summed E-state index contributed by atoms with van der Waals surface area (Å²) in [5.74, 6) is 0.773. The number of methoxy groups -OCH3 is 1. The van der Waals surface area contributed by atoms with Gasteiger partial charge in [0.1, 0.15) is 23.0 Å². The molecular weight excluding hydrogens is 562 g/mol. The molecule has 1 aliphatic carbocycles. The number of Topliss-reactive ketones (excluding diaryl/α,β-unsaturated/α-hetero) is 1. The van der Waals surface area contributed by atoms with Gasteiger partial charge in [-0.25, -0.2) is 4.98 Å². The number of pyridine rings is 1. The molecule has 1 atom stereocenters. The molecular formula is C34H43N3O5S. The van der Waals surface area contributed by atoms with E-state index < -0.39 is 5.92 Å². The van der Waals surface area contributed by atoms with Crippen LogP contribution in [0.15, 0.2) is 46.9 Å². The number of carbonyl (C=O) groups is 3. The number of allylic oxidation sites excluding steroid dienone is 2. The lowest BCUT2D eigenvalue weighted by Gasteiger charge is -2.38. The second-order valence-electron chi connectivity index (χ2n) is 12.1. The van der Waals surface area contributed by atoms with Crippen LogP contribution in [0.2, 0.25) is 0 Å². The third kappa shape index (κ3) is 6.09. The molecule has 43 heavy (non-hydrogen) atoms. The Labute approximate surface area is 259 Å². The lowest BCUT2D eigenvalue weighted by atomic mass is 9.69. The van der Waals surface area contributed by atoms with E-state index in [-0.39, 0.29) is 23.0 Å². The Balaban J connectivity index is 0.00000135. The molecule has 0 radical (unpaired) electrons. The van der Waals surface area contributed by atoms with Gasteiger partial charge in [-0.1, -0.05) is 59.1 Å². The van der Waals surface area contributed by atoms with Crippen LogP contribution in [0.1, 0.15) is 87.0 Å². The predicted octanol–water partition coefficient (Wildman–Crippen LogP) is 6.54. The number of nitrogens with one attached hydrogen (secondary N) is 1. The smallest absolute Gasteiger partial charge is 0.279 e. The van der Waals surface area contributed by atoms with E-state index in [4.69, 9.17) is 14.5 Å². The van der Waals surface area contributed by atoms with Crippen LogP contribution in [-0.2, 0) is 20.7 Å². The van der Waals surface area contributed by atoms with Gasteiger partial charge in [0.2, 0.25) is 0 Å². The number of hydrogen-bond donors (Lipinski definition) is 1. The minimum atomic E-state index is -0.621. The van der Waals surface area contributed by atoms with Crippen molar-refractivity contribution in [2.75, 3.05) is 27.0 Å². The number of ether oxygens (including phenoxy) is 2. The Hall–Kier alpha value is -3.59. The van der Waals surface area contributed by atoms with Crippen molar-refractivity contribution in [1.29, 1.82) is 0 Å². The molecule has 1 N–H and O–H groups in total. The van der Waals surface area contributed by atoms with Crippen molar-refractivity contribution in [2.45, 2.75) is 73.1 Å². The first-order valence-corrected chi connectivity index (χ1v) is 16.1. The number of likely N-dealkylation sites (N-methyl/N-ethyl adjacent to an activating group) is 1. The van der Waals surface area contributed by atoms with Gasteiger partial charge in [0.25, 0.3) is 11.8 Å². The highest BCUT2D eigenvalue weighted by molar-refractivity contribution is 7.97. The first-order chi connectivity index (χ1) is 20.4. The zero-order valence-electron chi connectivity index (χ0n) is 26.8. The Morgan fingerprint density at radius 2 is 1.81 bits per heavy atom. The third-order valence-corrected chi connectivity index (χ3v) is 8.38. The Bertz CT molecular complexity index is 1520. The van der Waals surface area contributed by atoms with Crippen LogP contribution in [0.25, 0.3) is 11.3 Å². The van der Waals surface area contributed by atoms with E-state index in [1.807, 2.05) is 38.1 Å². The SMILES string of the molecule is CCC.CCc1ccc(-c2ccc(OC)c([C@H]3C4=C(CC(C)(C)CC4=O)OC4=C3C(=O)N(C)C4)c2C)nc1C(=O)NSC. The molecule has 0 fully saturated rings. The van der Waals surface area contributed by atoms with E-state index in [1.165, 1.54) is 18.4 Å². The molecule has 0 unspecified atom stereocenters. The molecule has 230 valence electrons. The molecule has 9 heteroatoms. The van der Waals surface area contributed by atoms with E-state index >= 15 is 0 Å². The molecule has 8 nitrogen and oxygen atoms in total. The van der Waals surface area contributed by atoms with E-state index in [2.05, 4.69) is 32.4 Å². The number of amides is 2. The fourth-order valence-corrected chi connectivity index (χ4v) is 6.40. The molecule has 3 aliphatic rings. The first-order valence-electron chi connectivity index (χ1n) is 14.9. The molecule has 0 bridgehead atoms. The fraction of sp³-hybridized carbons (Fsp3) is 0.471. The monoisotopic (exact) mass is 605 g/mol. The summed E-state index contributed by atoms with van der Waals surface area (Å²) >= 11 is 1.23. The number of rotatable bonds is 6. The minimum absolute atomic E-state index is 0.0153.